The molecule has 1 unspecified atom stereocenters. The summed E-state index contributed by atoms with van der Waals surface area (Å²) < 4.78 is 0. The molecule has 1 atom stereocenters. The molecule has 0 bridgehead atoms. The van der Waals surface area contributed by atoms with Gasteiger partial charge < -0.3 is 5.11 Å². The van der Waals surface area contributed by atoms with Crippen LogP contribution in [0.25, 0.3) is 0 Å². The van der Waals surface area contributed by atoms with Gasteiger partial charge in [-0.25, -0.2) is 0 Å². The molecule has 0 rings (SSSR count). The van der Waals surface area contributed by atoms with E-state index in [0.717, 1.165) is 0 Å². The number of nitrogens with zero attached hydrogens (tertiary/aromatic N) is 1. The molecule has 0 saturated carbocycles. The molecule has 3 heteroatoms. The Balaban J connectivity index is 4.53. The predicted molar refractivity (Wildman–Crippen MR) is 40.8 cm³/mol. The summed E-state index contributed by atoms with van der Waals surface area (Å²) in [6, 6.07) is 1.79. The molecule has 0 saturated heterocycles. The fourth-order valence-corrected chi connectivity index (χ4v) is 0.768. The Bertz CT molecular complexity index is 191. The van der Waals surface area contributed by atoms with Crippen LogP contribution < -0.4 is 0 Å². The molecule has 3 nitrogen and oxygen atoms in total. The van der Waals surface area contributed by atoms with Gasteiger partial charge >= 0.3 is 5.97 Å². The molecule has 0 aromatic rings. The van der Waals surface area contributed by atoms with Crippen molar-refractivity contribution in [3.63, 3.8) is 0 Å². The molecular formula is C8H13NO2. The van der Waals surface area contributed by atoms with Crippen LogP contribution in [0.5, 0.6) is 0 Å². The zero-order valence-electron chi connectivity index (χ0n) is 7.09. The average Bonchev–Trinajstić information content (AvgIpc) is 1.88. The van der Waals surface area contributed by atoms with Gasteiger partial charge in [-0.1, -0.05) is 20.8 Å². The molecule has 0 heterocycles. The van der Waals surface area contributed by atoms with Crippen LogP contribution in [-0.2, 0) is 4.79 Å². The van der Waals surface area contributed by atoms with Crippen molar-refractivity contribution < 1.29 is 9.90 Å². The number of rotatable bonds is 3. The first-order chi connectivity index (χ1) is 4.95. The second-order valence-electron chi connectivity index (χ2n) is 3.24. The van der Waals surface area contributed by atoms with Gasteiger partial charge in [0, 0.05) is 0 Å². The molecule has 1 N–H and O–H groups in total. The lowest BCUT2D eigenvalue weighted by Crippen LogP contribution is -2.28. The standard InChI is InChI=1S/C8H13NO2/c1-4-8(2,3)6(5-9)7(10)11/h6H,4H2,1-3H3,(H,10,11). The summed E-state index contributed by atoms with van der Waals surface area (Å²) in [6.07, 6.45) is 0.692. The quantitative estimate of drug-likeness (QED) is 0.674. The van der Waals surface area contributed by atoms with E-state index in [1.54, 1.807) is 19.9 Å². The minimum Gasteiger partial charge on any atom is -0.480 e. The number of hydrogen-bond acceptors (Lipinski definition) is 2. The molecule has 0 radical (unpaired) electrons. The topological polar surface area (TPSA) is 61.1 Å². The van der Waals surface area contributed by atoms with E-state index in [-0.39, 0.29) is 0 Å². The van der Waals surface area contributed by atoms with Crippen molar-refractivity contribution in [1.29, 1.82) is 5.26 Å². The summed E-state index contributed by atoms with van der Waals surface area (Å²) in [5.74, 6) is -1.92. The summed E-state index contributed by atoms with van der Waals surface area (Å²) in [7, 11) is 0. The highest BCUT2D eigenvalue weighted by Gasteiger charge is 2.33. The minimum atomic E-state index is -1.03. The Morgan fingerprint density at radius 2 is 2.18 bits per heavy atom. The van der Waals surface area contributed by atoms with Gasteiger partial charge in [-0.2, -0.15) is 5.26 Å². The van der Waals surface area contributed by atoms with Crippen LogP contribution in [-0.4, -0.2) is 11.1 Å². The van der Waals surface area contributed by atoms with Gasteiger partial charge in [-0.05, 0) is 11.8 Å². The Labute approximate surface area is 66.6 Å². The number of nitriles is 1. The number of carbonyl (C=O) groups is 1. The van der Waals surface area contributed by atoms with Crippen LogP contribution in [0.2, 0.25) is 0 Å². The van der Waals surface area contributed by atoms with Crippen molar-refractivity contribution in [2.24, 2.45) is 11.3 Å². The number of aliphatic carboxylic acids is 1. The SMILES string of the molecule is CCC(C)(C)C(C#N)C(=O)O. The zero-order valence-corrected chi connectivity index (χ0v) is 7.09. The Kier molecular flexibility index (Phi) is 3.06. The van der Waals surface area contributed by atoms with E-state index in [2.05, 4.69) is 0 Å². The minimum absolute atomic E-state index is 0.430. The summed E-state index contributed by atoms with van der Waals surface area (Å²) in [5.41, 5.74) is -0.430. The lowest BCUT2D eigenvalue weighted by Gasteiger charge is -2.24. The van der Waals surface area contributed by atoms with Crippen molar-refractivity contribution in [3.05, 3.63) is 0 Å². The Morgan fingerprint density at radius 3 is 2.27 bits per heavy atom. The number of hydrogen-bond donors (Lipinski definition) is 1. The first-order valence-corrected chi connectivity index (χ1v) is 3.58. The van der Waals surface area contributed by atoms with Crippen LogP contribution in [0.4, 0.5) is 0 Å². The monoisotopic (exact) mass is 155 g/mol. The normalized spacial score (nSPS) is 13.6. The van der Waals surface area contributed by atoms with Gasteiger partial charge in [0.1, 0.15) is 5.92 Å². The van der Waals surface area contributed by atoms with Crippen LogP contribution in [0.1, 0.15) is 27.2 Å². The lowest BCUT2D eigenvalue weighted by atomic mass is 9.77. The second kappa shape index (κ2) is 3.38. The van der Waals surface area contributed by atoms with E-state index in [0.29, 0.717) is 6.42 Å². The Hall–Kier alpha value is -1.04. The van der Waals surface area contributed by atoms with Crippen molar-refractivity contribution >= 4 is 5.97 Å². The average molecular weight is 155 g/mol. The lowest BCUT2D eigenvalue weighted by molar-refractivity contribution is -0.143. The van der Waals surface area contributed by atoms with Gasteiger partial charge in [0.25, 0.3) is 0 Å². The Morgan fingerprint density at radius 1 is 1.73 bits per heavy atom. The van der Waals surface area contributed by atoms with Gasteiger partial charge in [0.15, 0.2) is 0 Å². The molecular weight excluding hydrogens is 142 g/mol. The van der Waals surface area contributed by atoms with Crippen LogP contribution in [0.3, 0.4) is 0 Å². The zero-order chi connectivity index (χ0) is 9.07. The van der Waals surface area contributed by atoms with Crippen molar-refractivity contribution in [3.8, 4) is 6.07 Å². The molecule has 0 amide bonds. The smallest absolute Gasteiger partial charge is 0.321 e. The van der Waals surface area contributed by atoms with Crippen LogP contribution >= 0.6 is 0 Å². The molecule has 0 aromatic heterocycles. The van der Waals surface area contributed by atoms with E-state index in [1.165, 1.54) is 0 Å². The maximum absolute atomic E-state index is 10.5. The molecule has 0 fully saturated rings. The molecule has 11 heavy (non-hydrogen) atoms. The molecule has 62 valence electrons. The fraction of sp³-hybridized carbons (Fsp3) is 0.750. The first kappa shape index (κ1) is 9.96. The molecule has 0 aromatic carbocycles. The van der Waals surface area contributed by atoms with Crippen LogP contribution in [0.15, 0.2) is 0 Å². The van der Waals surface area contributed by atoms with Gasteiger partial charge in [-0.3, -0.25) is 4.79 Å². The van der Waals surface area contributed by atoms with E-state index in [1.807, 2.05) is 6.92 Å². The summed E-state index contributed by atoms with van der Waals surface area (Å²) in [4.78, 5) is 10.5. The summed E-state index contributed by atoms with van der Waals surface area (Å²) in [5, 5.41) is 17.1. The van der Waals surface area contributed by atoms with Crippen molar-refractivity contribution in [1.82, 2.24) is 0 Å². The van der Waals surface area contributed by atoms with E-state index in [4.69, 9.17) is 10.4 Å². The summed E-state index contributed by atoms with van der Waals surface area (Å²) in [6.45, 7) is 5.46. The number of carboxylic acids is 1. The second-order valence-corrected chi connectivity index (χ2v) is 3.24. The third-order valence-corrected chi connectivity index (χ3v) is 2.07. The van der Waals surface area contributed by atoms with E-state index in [9.17, 15) is 4.79 Å². The van der Waals surface area contributed by atoms with Crippen molar-refractivity contribution in [2.45, 2.75) is 27.2 Å². The van der Waals surface area contributed by atoms with Gasteiger partial charge in [-0.15, -0.1) is 0 Å². The predicted octanol–water partition coefficient (Wildman–Crippen LogP) is 1.65. The molecule has 0 aliphatic heterocycles. The maximum atomic E-state index is 10.5. The van der Waals surface area contributed by atoms with Gasteiger partial charge in [0.2, 0.25) is 0 Å². The molecule has 0 spiro atoms. The highest BCUT2D eigenvalue weighted by Crippen LogP contribution is 2.29. The largest absolute Gasteiger partial charge is 0.480 e. The third kappa shape index (κ3) is 2.23. The van der Waals surface area contributed by atoms with Crippen molar-refractivity contribution in [2.75, 3.05) is 0 Å². The fourth-order valence-electron chi connectivity index (χ4n) is 0.768. The molecule has 0 aliphatic carbocycles. The van der Waals surface area contributed by atoms with Gasteiger partial charge in [0.05, 0.1) is 6.07 Å². The van der Waals surface area contributed by atoms with Crippen LogP contribution in [0, 0.1) is 22.7 Å². The summed E-state index contributed by atoms with van der Waals surface area (Å²) >= 11 is 0. The first-order valence-electron chi connectivity index (χ1n) is 3.58. The molecule has 0 aliphatic rings. The van der Waals surface area contributed by atoms with E-state index >= 15 is 0 Å². The highest BCUT2D eigenvalue weighted by molar-refractivity contribution is 5.73. The number of carboxylic acid groups (broad SMARTS) is 1. The van der Waals surface area contributed by atoms with E-state index < -0.39 is 17.3 Å². The third-order valence-electron chi connectivity index (χ3n) is 2.07. The highest BCUT2D eigenvalue weighted by atomic mass is 16.4. The maximum Gasteiger partial charge on any atom is 0.321 e.